The second kappa shape index (κ2) is 4.79. The second-order valence-electron chi connectivity index (χ2n) is 2.49. The van der Waals surface area contributed by atoms with Crippen molar-refractivity contribution in [3.63, 3.8) is 0 Å². The molecule has 0 fully saturated rings. The summed E-state index contributed by atoms with van der Waals surface area (Å²) in [6.45, 7) is 2.23. The van der Waals surface area contributed by atoms with Gasteiger partial charge in [-0.25, -0.2) is 0 Å². The summed E-state index contributed by atoms with van der Waals surface area (Å²) in [6.07, 6.45) is 0.691. The summed E-state index contributed by atoms with van der Waals surface area (Å²) >= 11 is 6.34. The van der Waals surface area contributed by atoms with E-state index in [1.54, 1.807) is 6.92 Å². The van der Waals surface area contributed by atoms with E-state index in [1.165, 1.54) is 6.07 Å². The van der Waals surface area contributed by atoms with Crippen molar-refractivity contribution in [2.24, 2.45) is 0 Å². The molecule has 0 spiro atoms. The van der Waals surface area contributed by atoms with Gasteiger partial charge >= 0.3 is 0 Å². The van der Waals surface area contributed by atoms with Crippen molar-refractivity contribution in [1.82, 2.24) is 0 Å². The van der Waals surface area contributed by atoms with Gasteiger partial charge in [0.1, 0.15) is 0 Å². The lowest BCUT2D eigenvalue weighted by Crippen LogP contribution is -1.95. The predicted octanol–water partition coefficient (Wildman–Crippen LogP) is 3.13. The molecule has 0 aromatic heterocycles. The molecule has 0 radical (unpaired) electrons. The van der Waals surface area contributed by atoms with Gasteiger partial charge in [-0.1, -0.05) is 0 Å². The number of rotatable bonds is 3. The molecule has 14 heavy (non-hydrogen) atoms. The van der Waals surface area contributed by atoms with Crippen LogP contribution in [0.4, 0.5) is 0 Å². The van der Waals surface area contributed by atoms with Crippen molar-refractivity contribution in [3.8, 4) is 11.5 Å². The minimum Gasteiger partial charge on any atom is -0.503 e. The zero-order valence-corrected chi connectivity index (χ0v) is 10.6. The molecule has 0 bridgehead atoms. The molecular formula is C9H8Br2O3. The molecule has 3 nitrogen and oxygen atoms in total. The number of phenols is 1. The molecule has 0 saturated heterocycles. The highest BCUT2D eigenvalue weighted by atomic mass is 79.9. The Balaban J connectivity index is 3.32. The highest BCUT2D eigenvalue weighted by Gasteiger charge is 2.14. The van der Waals surface area contributed by atoms with E-state index in [2.05, 4.69) is 31.9 Å². The molecular weight excluding hydrogens is 316 g/mol. The third kappa shape index (κ3) is 2.09. The maximum Gasteiger partial charge on any atom is 0.173 e. The molecule has 0 aliphatic heterocycles. The van der Waals surface area contributed by atoms with E-state index in [9.17, 15) is 9.90 Å². The number of ether oxygens (including phenoxy) is 1. The quantitative estimate of drug-likeness (QED) is 0.869. The van der Waals surface area contributed by atoms with E-state index in [0.717, 1.165) is 0 Å². The van der Waals surface area contributed by atoms with Gasteiger partial charge in [0.25, 0.3) is 0 Å². The molecule has 0 unspecified atom stereocenters. The lowest BCUT2D eigenvalue weighted by molar-refractivity contribution is 0.112. The maximum atomic E-state index is 10.7. The van der Waals surface area contributed by atoms with Crippen molar-refractivity contribution in [2.75, 3.05) is 6.61 Å². The zero-order valence-electron chi connectivity index (χ0n) is 7.38. The van der Waals surface area contributed by atoms with Gasteiger partial charge in [0.15, 0.2) is 17.8 Å². The minimum absolute atomic E-state index is 0.00988. The summed E-state index contributed by atoms with van der Waals surface area (Å²) in [5.74, 6) is 0.286. The third-order valence-corrected chi connectivity index (χ3v) is 3.76. The molecule has 0 saturated carbocycles. The Morgan fingerprint density at radius 1 is 1.50 bits per heavy atom. The van der Waals surface area contributed by atoms with E-state index in [0.29, 0.717) is 33.2 Å². The number of aromatic hydroxyl groups is 1. The largest absolute Gasteiger partial charge is 0.503 e. The molecule has 0 heterocycles. The zero-order chi connectivity index (χ0) is 10.7. The van der Waals surface area contributed by atoms with Gasteiger partial charge in [-0.2, -0.15) is 0 Å². The summed E-state index contributed by atoms with van der Waals surface area (Å²) in [7, 11) is 0. The van der Waals surface area contributed by atoms with Gasteiger partial charge in [0.2, 0.25) is 0 Å². The Hall–Kier alpha value is -0.550. The lowest BCUT2D eigenvalue weighted by atomic mass is 10.2. The number of aldehydes is 1. The minimum atomic E-state index is -0.00988. The summed E-state index contributed by atoms with van der Waals surface area (Å²) in [5, 5.41) is 9.61. The molecule has 1 N–H and O–H groups in total. The normalized spacial score (nSPS) is 9.93. The fourth-order valence-electron chi connectivity index (χ4n) is 0.963. The summed E-state index contributed by atoms with van der Waals surface area (Å²) < 4.78 is 6.10. The van der Waals surface area contributed by atoms with Crippen molar-refractivity contribution in [1.29, 1.82) is 0 Å². The van der Waals surface area contributed by atoms with Crippen LogP contribution in [0.2, 0.25) is 0 Å². The van der Waals surface area contributed by atoms with Crippen LogP contribution in [-0.2, 0) is 0 Å². The molecule has 1 aromatic carbocycles. The summed E-state index contributed by atoms with van der Waals surface area (Å²) in [4.78, 5) is 10.7. The number of phenolic OH excluding ortho intramolecular Hbond substituents is 1. The highest BCUT2D eigenvalue weighted by Crippen LogP contribution is 2.41. The van der Waals surface area contributed by atoms with E-state index in [-0.39, 0.29) is 5.75 Å². The van der Waals surface area contributed by atoms with Gasteiger partial charge in [0.05, 0.1) is 11.1 Å². The van der Waals surface area contributed by atoms with Crippen LogP contribution in [0, 0.1) is 0 Å². The fourth-order valence-corrected chi connectivity index (χ4v) is 1.78. The first-order valence-corrected chi connectivity index (χ1v) is 5.49. The lowest BCUT2D eigenvalue weighted by Gasteiger charge is -2.09. The Labute approximate surface area is 98.3 Å². The molecule has 0 amide bonds. The molecule has 1 aromatic rings. The first-order chi connectivity index (χ1) is 6.61. The maximum absolute atomic E-state index is 10.7. The number of benzene rings is 1. The van der Waals surface area contributed by atoms with Gasteiger partial charge in [-0.15, -0.1) is 0 Å². The number of hydrogen-bond donors (Lipinski definition) is 1. The monoisotopic (exact) mass is 322 g/mol. The first-order valence-electron chi connectivity index (χ1n) is 3.90. The average Bonchev–Trinajstić information content (AvgIpc) is 2.19. The first kappa shape index (κ1) is 11.5. The smallest absolute Gasteiger partial charge is 0.173 e. The molecule has 0 atom stereocenters. The Kier molecular flexibility index (Phi) is 3.95. The van der Waals surface area contributed by atoms with Crippen LogP contribution in [-0.4, -0.2) is 18.0 Å². The van der Waals surface area contributed by atoms with Crippen LogP contribution in [0.5, 0.6) is 11.5 Å². The highest BCUT2D eigenvalue weighted by molar-refractivity contribution is 9.13. The molecule has 0 aliphatic rings. The van der Waals surface area contributed by atoms with E-state index >= 15 is 0 Å². The van der Waals surface area contributed by atoms with E-state index < -0.39 is 0 Å². The number of halogens is 2. The number of carbonyl (C=O) groups is 1. The van der Waals surface area contributed by atoms with Crippen molar-refractivity contribution in [2.45, 2.75) is 6.92 Å². The SMILES string of the molecule is CCOc1cc(C=O)c(Br)c(Br)c1O. The second-order valence-corrected chi connectivity index (χ2v) is 4.08. The van der Waals surface area contributed by atoms with Crippen molar-refractivity contribution >= 4 is 38.1 Å². The van der Waals surface area contributed by atoms with E-state index in [4.69, 9.17) is 4.74 Å². The number of carbonyl (C=O) groups excluding carboxylic acids is 1. The van der Waals surface area contributed by atoms with Crippen LogP contribution in [0.3, 0.4) is 0 Å². The van der Waals surface area contributed by atoms with Crippen LogP contribution >= 0.6 is 31.9 Å². The topological polar surface area (TPSA) is 46.5 Å². The predicted molar refractivity (Wildman–Crippen MR) is 60.1 cm³/mol. The Morgan fingerprint density at radius 3 is 2.64 bits per heavy atom. The molecule has 1 rings (SSSR count). The number of hydrogen-bond acceptors (Lipinski definition) is 3. The summed E-state index contributed by atoms with van der Waals surface area (Å²) in [6, 6.07) is 1.49. The molecule has 0 aliphatic carbocycles. The van der Waals surface area contributed by atoms with Crippen molar-refractivity contribution in [3.05, 3.63) is 20.6 Å². The summed E-state index contributed by atoms with van der Waals surface area (Å²) in [5.41, 5.74) is 0.429. The van der Waals surface area contributed by atoms with Gasteiger partial charge in [-0.3, -0.25) is 4.79 Å². The third-order valence-electron chi connectivity index (χ3n) is 1.60. The van der Waals surface area contributed by atoms with Crippen LogP contribution in [0.25, 0.3) is 0 Å². The van der Waals surface area contributed by atoms with Gasteiger partial charge in [0, 0.05) is 10.0 Å². The molecule has 5 heteroatoms. The molecule has 76 valence electrons. The van der Waals surface area contributed by atoms with Crippen LogP contribution in [0.1, 0.15) is 17.3 Å². The van der Waals surface area contributed by atoms with E-state index in [1.807, 2.05) is 0 Å². The fraction of sp³-hybridized carbons (Fsp3) is 0.222. The Morgan fingerprint density at radius 2 is 2.14 bits per heavy atom. The average molecular weight is 324 g/mol. The van der Waals surface area contributed by atoms with Crippen molar-refractivity contribution < 1.29 is 14.6 Å². The van der Waals surface area contributed by atoms with Crippen LogP contribution in [0.15, 0.2) is 15.0 Å². The van der Waals surface area contributed by atoms with Crippen LogP contribution < -0.4 is 4.74 Å². The van der Waals surface area contributed by atoms with Gasteiger partial charge < -0.3 is 9.84 Å². The standard InChI is InChI=1S/C9H8Br2O3/c1-2-14-6-3-5(4-12)7(10)8(11)9(6)13/h3-4,13H,2H2,1H3. The van der Waals surface area contributed by atoms with Gasteiger partial charge in [-0.05, 0) is 44.8 Å². The Bertz CT molecular complexity index is 364.